The summed E-state index contributed by atoms with van der Waals surface area (Å²) in [6.07, 6.45) is 0. The van der Waals surface area contributed by atoms with Gasteiger partial charge in [0.25, 0.3) is 0 Å². The summed E-state index contributed by atoms with van der Waals surface area (Å²) in [6.45, 7) is 4.94. The van der Waals surface area contributed by atoms with Gasteiger partial charge in [-0.25, -0.2) is 4.79 Å². The standard InChI is InChI=1S/C11H14BrNO2/c1-3-13-10-6-5-8(12)7-9(10)11(14)15-4-2/h5-7,13H,3-4H2,1-2H3. The van der Waals surface area contributed by atoms with Crippen LogP contribution in [0.2, 0.25) is 0 Å². The van der Waals surface area contributed by atoms with Crippen molar-refractivity contribution in [1.82, 2.24) is 0 Å². The second-order valence-electron chi connectivity index (χ2n) is 2.94. The van der Waals surface area contributed by atoms with Crippen LogP contribution in [0.25, 0.3) is 0 Å². The maximum Gasteiger partial charge on any atom is 0.340 e. The Balaban J connectivity index is 3.00. The van der Waals surface area contributed by atoms with Gasteiger partial charge in [-0.1, -0.05) is 15.9 Å². The SMILES string of the molecule is CCNc1ccc(Br)cc1C(=O)OCC. The molecule has 0 aliphatic rings. The predicted molar refractivity (Wildman–Crippen MR) is 64.3 cm³/mol. The molecule has 0 radical (unpaired) electrons. The van der Waals surface area contributed by atoms with Crippen molar-refractivity contribution in [2.75, 3.05) is 18.5 Å². The molecule has 0 saturated carbocycles. The first-order chi connectivity index (χ1) is 7.19. The van der Waals surface area contributed by atoms with E-state index in [2.05, 4.69) is 21.2 Å². The van der Waals surface area contributed by atoms with Crippen LogP contribution in [-0.4, -0.2) is 19.1 Å². The average Bonchev–Trinajstić information content (AvgIpc) is 2.21. The molecule has 1 N–H and O–H groups in total. The van der Waals surface area contributed by atoms with Gasteiger partial charge in [-0.15, -0.1) is 0 Å². The number of rotatable bonds is 4. The van der Waals surface area contributed by atoms with Gasteiger partial charge in [0.2, 0.25) is 0 Å². The van der Waals surface area contributed by atoms with Crippen molar-refractivity contribution in [2.45, 2.75) is 13.8 Å². The molecular formula is C11H14BrNO2. The first kappa shape index (κ1) is 12.0. The number of anilines is 1. The van der Waals surface area contributed by atoms with E-state index in [0.717, 1.165) is 16.7 Å². The zero-order chi connectivity index (χ0) is 11.3. The molecule has 0 amide bonds. The number of esters is 1. The summed E-state index contributed by atoms with van der Waals surface area (Å²) in [6, 6.07) is 5.51. The molecule has 0 aliphatic carbocycles. The Labute approximate surface area is 97.9 Å². The first-order valence-corrected chi connectivity index (χ1v) is 5.68. The van der Waals surface area contributed by atoms with Gasteiger partial charge in [0.1, 0.15) is 0 Å². The Kier molecular flexibility index (Phi) is 4.62. The summed E-state index contributed by atoms with van der Waals surface area (Å²) >= 11 is 3.33. The molecule has 0 aliphatic heterocycles. The van der Waals surface area contributed by atoms with E-state index in [0.29, 0.717) is 12.2 Å². The Morgan fingerprint density at radius 2 is 2.20 bits per heavy atom. The highest BCUT2D eigenvalue weighted by atomic mass is 79.9. The van der Waals surface area contributed by atoms with E-state index in [9.17, 15) is 4.79 Å². The van der Waals surface area contributed by atoms with Crippen molar-refractivity contribution in [1.29, 1.82) is 0 Å². The minimum atomic E-state index is -0.297. The molecule has 1 rings (SSSR count). The van der Waals surface area contributed by atoms with Crippen LogP contribution in [0.5, 0.6) is 0 Å². The van der Waals surface area contributed by atoms with Crippen molar-refractivity contribution in [3.05, 3.63) is 28.2 Å². The third-order valence-corrected chi connectivity index (χ3v) is 2.34. The van der Waals surface area contributed by atoms with Crippen LogP contribution >= 0.6 is 15.9 Å². The van der Waals surface area contributed by atoms with Gasteiger partial charge >= 0.3 is 5.97 Å². The second-order valence-corrected chi connectivity index (χ2v) is 3.86. The van der Waals surface area contributed by atoms with E-state index < -0.39 is 0 Å². The van der Waals surface area contributed by atoms with Crippen LogP contribution in [0.15, 0.2) is 22.7 Å². The minimum absolute atomic E-state index is 0.297. The number of hydrogen-bond donors (Lipinski definition) is 1. The number of ether oxygens (including phenoxy) is 1. The predicted octanol–water partition coefficient (Wildman–Crippen LogP) is 3.06. The summed E-state index contributed by atoms with van der Waals surface area (Å²) in [7, 11) is 0. The smallest absolute Gasteiger partial charge is 0.340 e. The maximum atomic E-state index is 11.6. The van der Waals surface area contributed by atoms with Crippen molar-refractivity contribution in [2.24, 2.45) is 0 Å². The van der Waals surface area contributed by atoms with Gasteiger partial charge in [0, 0.05) is 16.7 Å². The zero-order valence-electron chi connectivity index (χ0n) is 8.84. The van der Waals surface area contributed by atoms with Crippen LogP contribution in [0, 0.1) is 0 Å². The highest BCUT2D eigenvalue weighted by Crippen LogP contribution is 2.21. The van der Waals surface area contributed by atoms with E-state index in [1.54, 1.807) is 13.0 Å². The Morgan fingerprint density at radius 3 is 2.80 bits per heavy atom. The number of nitrogens with one attached hydrogen (secondary N) is 1. The summed E-state index contributed by atoms with van der Waals surface area (Å²) in [5.74, 6) is -0.297. The Bertz CT molecular complexity index is 352. The molecule has 1 aromatic carbocycles. The van der Waals surface area contributed by atoms with E-state index in [1.165, 1.54) is 0 Å². The van der Waals surface area contributed by atoms with Gasteiger partial charge in [-0.3, -0.25) is 0 Å². The number of benzene rings is 1. The molecule has 4 heteroatoms. The number of hydrogen-bond acceptors (Lipinski definition) is 3. The molecule has 0 unspecified atom stereocenters. The summed E-state index contributed by atoms with van der Waals surface area (Å²) < 4.78 is 5.84. The molecule has 0 spiro atoms. The molecule has 0 fully saturated rings. The molecule has 0 atom stereocenters. The summed E-state index contributed by atoms with van der Waals surface area (Å²) in [5, 5.41) is 3.12. The third-order valence-electron chi connectivity index (χ3n) is 1.84. The second kappa shape index (κ2) is 5.75. The van der Waals surface area contributed by atoms with Crippen LogP contribution in [0.3, 0.4) is 0 Å². The lowest BCUT2D eigenvalue weighted by Crippen LogP contribution is -2.09. The Hall–Kier alpha value is -1.03. The molecule has 3 nitrogen and oxygen atoms in total. The zero-order valence-corrected chi connectivity index (χ0v) is 10.4. The monoisotopic (exact) mass is 271 g/mol. The lowest BCUT2D eigenvalue weighted by molar-refractivity contribution is 0.0527. The van der Waals surface area contributed by atoms with Crippen LogP contribution in [0.1, 0.15) is 24.2 Å². The third kappa shape index (κ3) is 3.23. The van der Waals surface area contributed by atoms with Crippen LogP contribution in [-0.2, 0) is 4.74 Å². The lowest BCUT2D eigenvalue weighted by atomic mass is 10.2. The maximum absolute atomic E-state index is 11.6. The summed E-state index contributed by atoms with van der Waals surface area (Å²) in [5.41, 5.74) is 1.37. The fourth-order valence-corrected chi connectivity index (χ4v) is 1.60. The highest BCUT2D eigenvalue weighted by Gasteiger charge is 2.12. The molecule has 82 valence electrons. The van der Waals surface area contributed by atoms with E-state index in [-0.39, 0.29) is 5.97 Å². The topological polar surface area (TPSA) is 38.3 Å². The van der Waals surface area contributed by atoms with Crippen molar-refractivity contribution in [3.63, 3.8) is 0 Å². The van der Waals surface area contributed by atoms with Gasteiger partial charge < -0.3 is 10.1 Å². The Morgan fingerprint density at radius 1 is 1.47 bits per heavy atom. The average molecular weight is 272 g/mol. The van der Waals surface area contributed by atoms with Crippen molar-refractivity contribution < 1.29 is 9.53 Å². The quantitative estimate of drug-likeness (QED) is 0.856. The molecule has 0 bridgehead atoms. The number of halogens is 1. The fraction of sp³-hybridized carbons (Fsp3) is 0.364. The molecule has 15 heavy (non-hydrogen) atoms. The molecule has 0 saturated heterocycles. The van der Waals surface area contributed by atoms with Gasteiger partial charge in [0.15, 0.2) is 0 Å². The van der Waals surface area contributed by atoms with Crippen molar-refractivity contribution >= 4 is 27.6 Å². The normalized spacial score (nSPS) is 9.80. The van der Waals surface area contributed by atoms with Crippen molar-refractivity contribution in [3.8, 4) is 0 Å². The highest BCUT2D eigenvalue weighted by molar-refractivity contribution is 9.10. The van der Waals surface area contributed by atoms with E-state index >= 15 is 0 Å². The molecule has 1 aromatic rings. The first-order valence-electron chi connectivity index (χ1n) is 4.89. The molecule has 0 aromatic heterocycles. The van der Waals surface area contributed by atoms with Crippen LogP contribution < -0.4 is 5.32 Å². The number of carbonyl (C=O) groups is 1. The molecule has 0 heterocycles. The van der Waals surface area contributed by atoms with Gasteiger partial charge in [-0.2, -0.15) is 0 Å². The largest absolute Gasteiger partial charge is 0.462 e. The van der Waals surface area contributed by atoms with E-state index in [4.69, 9.17) is 4.74 Å². The summed E-state index contributed by atoms with van der Waals surface area (Å²) in [4.78, 5) is 11.6. The molecular weight excluding hydrogens is 258 g/mol. The van der Waals surface area contributed by atoms with Gasteiger partial charge in [-0.05, 0) is 32.0 Å². The number of carbonyl (C=O) groups excluding carboxylic acids is 1. The minimum Gasteiger partial charge on any atom is -0.462 e. The lowest BCUT2D eigenvalue weighted by Gasteiger charge is -2.10. The fourth-order valence-electron chi connectivity index (χ4n) is 1.24. The van der Waals surface area contributed by atoms with Crippen LogP contribution in [0.4, 0.5) is 5.69 Å². The van der Waals surface area contributed by atoms with Gasteiger partial charge in [0.05, 0.1) is 12.2 Å². The van der Waals surface area contributed by atoms with E-state index in [1.807, 2.05) is 19.1 Å².